The fourth-order valence-electron chi connectivity index (χ4n) is 15.8. The third-order valence-corrected chi connectivity index (χ3v) is 23.0. The predicted octanol–water partition coefficient (Wildman–Crippen LogP) is 33.1. The van der Waals surface area contributed by atoms with E-state index in [1.54, 1.807) is 0 Å². The molecule has 624 valence electrons. The van der Waals surface area contributed by atoms with E-state index in [0.717, 1.165) is 83.5 Å². The first-order chi connectivity index (χ1) is 51.8. The van der Waals surface area contributed by atoms with E-state index in [1.165, 1.54) is 411 Å². The van der Waals surface area contributed by atoms with E-state index in [9.17, 15) is 19.2 Å². The molecule has 0 fully saturated rings. The summed E-state index contributed by atoms with van der Waals surface area (Å²) in [5, 5.41) is 0. The number of carbonyl (C=O) groups excluding carboxylic acids is 4. The van der Waals surface area contributed by atoms with Gasteiger partial charge < -0.3 is 18.9 Å². The summed E-state index contributed by atoms with van der Waals surface area (Å²) in [6.07, 6.45) is 99.1. The number of ether oxygens (including phenoxy) is 4. The Kier molecular flexibility index (Phi) is 87.3. The van der Waals surface area contributed by atoms with Crippen LogP contribution >= 0.6 is 0 Å². The molecule has 8 heteroatoms. The normalized spacial score (nSPS) is 12.5. The highest BCUT2D eigenvalue weighted by Gasteiger charge is 2.39. The minimum atomic E-state index is -1.09. The molecule has 0 heterocycles. The van der Waals surface area contributed by atoms with Crippen LogP contribution in [0, 0.1) is 0 Å². The zero-order valence-corrected chi connectivity index (χ0v) is 72.1. The van der Waals surface area contributed by atoms with Gasteiger partial charge in [0, 0.05) is 25.7 Å². The molecule has 0 aliphatic carbocycles. The van der Waals surface area contributed by atoms with Crippen LogP contribution in [0.3, 0.4) is 0 Å². The molecule has 0 amide bonds. The Morgan fingerprint density at radius 2 is 0.324 bits per heavy atom. The monoisotopic (exact) mass is 1480 g/mol. The molecule has 0 aromatic carbocycles. The molecule has 0 radical (unpaired) electrons. The molecule has 0 aromatic heterocycles. The zero-order valence-electron chi connectivity index (χ0n) is 72.1. The minimum Gasteiger partial charge on any atom is -0.462 e. The molecular formula is C97H188O8. The quantitative estimate of drug-likeness (QED) is 0.0337. The van der Waals surface area contributed by atoms with E-state index in [0.29, 0.717) is 25.7 Å². The Bertz CT molecular complexity index is 1720. The van der Waals surface area contributed by atoms with E-state index in [1.807, 2.05) is 0 Å². The van der Waals surface area contributed by atoms with Gasteiger partial charge in [-0.1, -0.05) is 510 Å². The molecule has 0 bridgehead atoms. The van der Waals surface area contributed by atoms with Crippen LogP contribution in [0.15, 0.2) is 0 Å². The van der Waals surface area contributed by atoms with E-state index < -0.39 is 18.3 Å². The molecule has 0 spiro atoms. The summed E-state index contributed by atoms with van der Waals surface area (Å²) < 4.78 is 25.4. The van der Waals surface area contributed by atoms with Gasteiger partial charge in [-0.15, -0.1) is 0 Å². The molecule has 105 heavy (non-hydrogen) atoms. The van der Waals surface area contributed by atoms with Gasteiger partial charge in [-0.25, -0.2) is 0 Å². The van der Waals surface area contributed by atoms with Crippen molar-refractivity contribution in [2.75, 3.05) is 6.61 Å². The molecule has 0 N–H and O–H groups in total. The molecule has 0 saturated carbocycles. The van der Waals surface area contributed by atoms with Crippen molar-refractivity contribution in [3.63, 3.8) is 0 Å². The van der Waals surface area contributed by atoms with Crippen molar-refractivity contribution in [3.8, 4) is 0 Å². The number of esters is 4. The highest BCUT2D eigenvalue weighted by atomic mass is 16.6. The van der Waals surface area contributed by atoms with Gasteiger partial charge in [0.05, 0.1) is 0 Å². The first kappa shape index (κ1) is 103. The van der Waals surface area contributed by atoms with Gasteiger partial charge in [0.25, 0.3) is 0 Å². The second kappa shape index (κ2) is 89.1. The lowest BCUT2D eigenvalue weighted by atomic mass is 10.0. The van der Waals surface area contributed by atoms with Gasteiger partial charge in [-0.2, -0.15) is 0 Å². The van der Waals surface area contributed by atoms with E-state index in [-0.39, 0.29) is 49.7 Å². The standard InChI is InChI=1S/C97H188O8/c1-6-11-16-20-24-28-32-36-40-44-48-52-56-60-64-68-72-76-81-86-93(98)102-90-92(104-95(100)88-83-78-74-70-66-62-58-54-50-46-42-38-34-30-26-22-18-13-8-3)97(105-96(101)89-84-79-75-71-67-63-59-55-51-47-43-39-35-31-27-23-19-14-9-4)91(85-80-15-10-5)103-94(99)87-82-77-73-69-65-61-57-53-49-45-41-37-33-29-25-21-17-12-7-2/h91-92,97H,6-90H2,1-5H3/t91?,92-,97+/m1/s1. The van der Waals surface area contributed by atoms with Crippen LogP contribution in [0.2, 0.25) is 0 Å². The molecule has 8 nitrogen and oxygen atoms in total. The molecule has 0 aromatic rings. The number of unbranched alkanes of at least 4 members (excludes halogenated alkanes) is 74. The summed E-state index contributed by atoms with van der Waals surface area (Å²) in [5.41, 5.74) is 0. The van der Waals surface area contributed by atoms with Crippen molar-refractivity contribution in [1.82, 2.24) is 0 Å². The first-order valence-corrected chi connectivity index (χ1v) is 48.6. The Balaban J connectivity index is 5.77. The number of hydrogen-bond donors (Lipinski definition) is 0. The van der Waals surface area contributed by atoms with Crippen molar-refractivity contribution in [2.45, 2.75) is 592 Å². The number of carbonyl (C=O) groups is 4. The van der Waals surface area contributed by atoms with Crippen LogP contribution in [0.1, 0.15) is 574 Å². The lowest BCUT2D eigenvalue weighted by Crippen LogP contribution is -2.48. The zero-order chi connectivity index (χ0) is 76.0. The Labute approximate surface area is 657 Å². The smallest absolute Gasteiger partial charge is 0.306 e. The van der Waals surface area contributed by atoms with Gasteiger partial charge in [-0.3, -0.25) is 19.2 Å². The lowest BCUT2D eigenvalue weighted by molar-refractivity contribution is -0.192. The van der Waals surface area contributed by atoms with E-state index in [4.69, 9.17) is 18.9 Å². The third-order valence-electron chi connectivity index (χ3n) is 23.0. The van der Waals surface area contributed by atoms with E-state index in [2.05, 4.69) is 34.6 Å². The summed E-state index contributed by atoms with van der Waals surface area (Å²) >= 11 is 0. The van der Waals surface area contributed by atoms with Gasteiger partial charge in [0.1, 0.15) is 12.7 Å². The van der Waals surface area contributed by atoms with Gasteiger partial charge in [0.2, 0.25) is 0 Å². The maximum Gasteiger partial charge on any atom is 0.306 e. The van der Waals surface area contributed by atoms with Gasteiger partial charge in [-0.05, 0) is 38.5 Å². The summed E-state index contributed by atoms with van der Waals surface area (Å²) in [7, 11) is 0. The van der Waals surface area contributed by atoms with Crippen LogP contribution in [-0.4, -0.2) is 48.8 Å². The van der Waals surface area contributed by atoms with Crippen LogP contribution < -0.4 is 0 Å². The number of hydrogen-bond acceptors (Lipinski definition) is 8. The summed E-state index contributed by atoms with van der Waals surface area (Å²) in [6, 6.07) is 0. The summed E-state index contributed by atoms with van der Waals surface area (Å²) in [4.78, 5) is 56.0. The highest BCUT2D eigenvalue weighted by Crippen LogP contribution is 2.26. The molecule has 0 rings (SSSR count). The average Bonchev–Trinajstić information content (AvgIpc) is 0.851. The van der Waals surface area contributed by atoms with Crippen LogP contribution in [-0.2, 0) is 38.1 Å². The molecule has 0 aliphatic rings. The highest BCUT2D eigenvalue weighted by molar-refractivity contribution is 5.72. The van der Waals surface area contributed by atoms with Crippen LogP contribution in [0.25, 0.3) is 0 Å². The average molecular weight is 1480 g/mol. The Hall–Kier alpha value is -2.12. The lowest BCUT2D eigenvalue weighted by Gasteiger charge is -2.32. The van der Waals surface area contributed by atoms with Crippen molar-refractivity contribution in [2.24, 2.45) is 0 Å². The Morgan fingerprint density at radius 3 is 0.524 bits per heavy atom. The molecule has 0 aliphatic heterocycles. The second-order valence-corrected chi connectivity index (χ2v) is 33.6. The van der Waals surface area contributed by atoms with Crippen molar-refractivity contribution in [1.29, 1.82) is 0 Å². The maximum atomic E-state index is 14.2. The second-order valence-electron chi connectivity index (χ2n) is 33.6. The first-order valence-electron chi connectivity index (χ1n) is 48.6. The third kappa shape index (κ3) is 81.2. The number of rotatable bonds is 91. The maximum absolute atomic E-state index is 14.2. The van der Waals surface area contributed by atoms with Crippen LogP contribution in [0.4, 0.5) is 0 Å². The SMILES string of the molecule is CCCCCCCCCCCCCCCCCCCCCC(=O)OC[C@@H](OC(=O)CCCCCCCCCCCCCCCCCCCCC)[C@@H](OC(=O)CCCCCCCCCCCCCCCCCCCCC)C(CCCCC)OC(=O)CCCCCCCCCCCCCCCCCCCCC. The van der Waals surface area contributed by atoms with Crippen molar-refractivity contribution < 1.29 is 38.1 Å². The summed E-state index contributed by atoms with van der Waals surface area (Å²) in [5.74, 6) is -1.38. The molecular weight excluding hydrogens is 1290 g/mol. The van der Waals surface area contributed by atoms with Crippen LogP contribution in [0.5, 0.6) is 0 Å². The Morgan fingerprint density at radius 1 is 0.171 bits per heavy atom. The summed E-state index contributed by atoms with van der Waals surface area (Å²) in [6.45, 7) is 11.1. The van der Waals surface area contributed by atoms with E-state index >= 15 is 0 Å². The predicted molar refractivity (Wildman–Crippen MR) is 457 cm³/mol. The van der Waals surface area contributed by atoms with Gasteiger partial charge in [0.15, 0.2) is 12.2 Å². The van der Waals surface area contributed by atoms with Crippen molar-refractivity contribution in [3.05, 3.63) is 0 Å². The molecule has 0 saturated heterocycles. The molecule has 3 atom stereocenters. The fraction of sp³-hybridized carbons (Fsp3) is 0.959. The largest absolute Gasteiger partial charge is 0.462 e. The van der Waals surface area contributed by atoms with Crippen molar-refractivity contribution >= 4 is 23.9 Å². The fourth-order valence-corrected chi connectivity index (χ4v) is 15.8. The minimum absolute atomic E-state index is 0.235. The van der Waals surface area contributed by atoms with Gasteiger partial charge >= 0.3 is 23.9 Å². The molecule has 1 unspecified atom stereocenters. The topological polar surface area (TPSA) is 105 Å².